The highest BCUT2D eigenvalue weighted by Gasteiger charge is 2.33. The maximum Gasteiger partial charge on any atom is 0.416 e. The van der Waals surface area contributed by atoms with Gasteiger partial charge in [0.1, 0.15) is 12.8 Å². The molecule has 4 nitrogen and oxygen atoms in total. The molecule has 30 heavy (non-hydrogen) atoms. The van der Waals surface area contributed by atoms with Crippen LogP contribution in [-0.4, -0.2) is 21.6 Å². The molecule has 0 radical (unpaired) electrons. The zero-order chi connectivity index (χ0) is 21.9. The van der Waals surface area contributed by atoms with Crippen LogP contribution in [0.25, 0.3) is 11.3 Å². The largest absolute Gasteiger partial charge is 0.483 e. The van der Waals surface area contributed by atoms with Crippen molar-refractivity contribution in [3.63, 3.8) is 0 Å². The number of aliphatic hydroxyl groups is 1. The van der Waals surface area contributed by atoms with Crippen molar-refractivity contribution in [2.24, 2.45) is 0 Å². The SMILES string of the molecule is OC(CBr)Nc1nc(-c2cc(F)c(OCc3ccccc3C(F)(F)F)c(F)c2)cs1. The lowest BCUT2D eigenvalue weighted by atomic mass is 10.1. The molecule has 3 rings (SSSR count). The predicted molar refractivity (Wildman–Crippen MR) is 107 cm³/mol. The molecule has 0 amide bonds. The molecule has 1 unspecified atom stereocenters. The number of nitrogens with zero attached hydrogens (tertiary/aromatic N) is 1. The average molecular weight is 509 g/mol. The lowest BCUT2D eigenvalue weighted by Gasteiger charge is -2.14. The van der Waals surface area contributed by atoms with E-state index in [2.05, 4.69) is 26.2 Å². The molecule has 160 valence electrons. The molecule has 0 saturated carbocycles. The van der Waals surface area contributed by atoms with Crippen LogP contribution < -0.4 is 10.1 Å². The summed E-state index contributed by atoms with van der Waals surface area (Å²) in [6, 6.07) is 6.61. The van der Waals surface area contributed by atoms with Gasteiger partial charge in [-0.15, -0.1) is 11.3 Å². The van der Waals surface area contributed by atoms with E-state index in [0.29, 0.717) is 5.13 Å². The summed E-state index contributed by atoms with van der Waals surface area (Å²) in [5.74, 6) is -2.92. The Morgan fingerprint density at radius 2 is 1.83 bits per heavy atom. The van der Waals surface area contributed by atoms with Gasteiger partial charge in [0.05, 0.1) is 11.3 Å². The average Bonchev–Trinajstić information content (AvgIpc) is 3.15. The maximum atomic E-state index is 14.4. The van der Waals surface area contributed by atoms with Crippen molar-refractivity contribution in [2.45, 2.75) is 19.0 Å². The van der Waals surface area contributed by atoms with Crippen LogP contribution in [0.4, 0.5) is 27.1 Å². The van der Waals surface area contributed by atoms with Gasteiger partial charge in [-0.1, -0.05) is 34.1 Å². The highest BCUT2D eigenvalue weighted by Crippen LogP contribution is 2.34. The van der Waals surface area contributed by atoms with Gasteiger partial charge in [-0.25, -0.2) is 13.8 Å². The summed E-state index contributed by atoms with van der Waals surface area (Å²) in [5, 5.41) is 14.4. The monoisotopic (exact) mass is 508 g/mol. The number of aromatic nitrogens is 1. The lowest BCUT2D eigenvalue weighted by molar-refractivity contribution is -0.138. The molecule has 3 aromatic rings. The molecule has 0 saturated heterocycles. The molecule has 0 fully saturated rings. The second-order valence-corrected chi connectivity index (χ2v) is 7.57. The number of hydrogen-bond donors (Lipinski definition) is 2. The molecule has 1 atom stereocenters. The fourth-order valence-electron chi connectivity index (χ4n) is 2.57. The van der Waals surface area contributed by atoms with Crippen LogP contribution in [0.5, 0.6) is 5.75 Å². The van der Waals surface area contributed by atoms with E-state index in [1.165, 1.54) is 23.6 Å². The first kappa shape index (κ1) is 22.4. The molecule has 0 aliphatic carbocycles. The van der Waals surface area contributed by atoms with Gasteiger partial charge in [0.2, 0.25) is 0 Å². The molecule has 1 heterocycles. The minimum Gasteiger partial charge on any atom is -0.483 e. The number of ether oxygens (including phenoxy) is 1. The number of nitrogens with one attached hydrogen (secondary N) is 1. The van der Waals surface area contributed by atoms with Crippen molar-refractivity contribution < 1.29 is 31.8 Å². The highest BCUT2D eigenvalue weighted by molar-refractivity contribution is 9.09. The van der Waals surface area contributed by atoms with E-state index in [1.54, 1.807) is 0 Å². The summed E-state index contributed by atoms with van der Waals surface area (Å²) in [7, 11) is 0. The van der Waals surface area contributed by atoms with Crippen molar-refractivity contribution in [3.05, 3.63) is 64.5 Å². The molecule has 2 aromatic carbocycles. The van der Waals surface area contributed by atoms with Crippen molar-refractivity contribution in [1.29, 1.82) is 0 Å². The van der Waals surface area contributed by atoms with Crippen LogP contribution in [0.2, 0.25) is 0 Å². The first-order chi connectivity index (χ1) is 14.2. The van der Waals surface area contributed by atoms with Gasteiger partial charge < -0.3 is 15.2 Å². The summed E-state index contributed by atoms with van der Waals surface area (Å²) in [6.45, 7) is -0.655. The van der Waals surface area contributed by atoms with Gasteiger partial charge in [0.25, 0.3) is 0 Å². The molecule has 0 bridgehead atoms. The summed E-state index contributed by atoms with van der Waals surface area (Å²) >= 11 is 4.22. The fourth-order valence-corrected chi connectivity index (χ4v) is 3.50. The summed E-state index contributed by atoms with van der Waals surface area (Å²) in [5.41, 5.74) is -0.800. The van der Waals surface area contributed by atoms with Crippen molar-refractivity contribution in [3.8, 4) is 17.0 Å². The molecule has 0 aliphatic heterocycles. The van der Waals surface area contributed by atoms with E-state index in [4.69, 9.17) is 4.74 Å². The maximum absolute atomic E-state index is 14.4. The number of rotatable bonds is 7. The Labute approximate surface area is 180 Å². The minimum absolute atomic E-state index is 0.116. The third-order valence-electron chi connectivity index (χ3n) is 3.93. The number of benzene rings is 2. The lowest BCUT2D eigenvalue weighted by Crippen LogP contribution is -2.19. The van der Waals surface area contributed by atoms with Crippen molar-refractivity contribution in [2.75, 3.05) is 10.6 Å². The number of halogens is 6. The molecule has 1 aromatic heterocycles. The van der Waals surface area contributed by atoms with Gasteiger partial charge in [0.15, 0.2) is 22.5 Å². The van der Waals surface area contributed by atoms with Crippen molar-refractivity contribution >= 4 is 32.4 Å². The number of thiazole rings is 1. The predicted octanol–water partition coefficient (Wildman–Crippen LogP) is 5.81. The normalized spacial score (nSPS) is 12.6. The number of anilines is 1. The molecule has 0 spiro atoms. The zero-order valence-corrected chi connectivity index (χ0v) is 17.4. The first-order valence-electron chi connectivity index (χ1n) is 8.42. The van der Waals surface area contributed by atoms with E-state index < -0.39 is 42.0 Å². The van der Waals surface area contributed by atoms with Gasteiger partial charge in [-0.2, -0.15) is 13.2 Å². The van der Waals surface area contributed by atoms with E-state index in [9.17, 15) is 27.1 Å². The third kappa shape index (κ3) is 5.27. The van der Waals surface area contributed by atoms with Gasteiger partial charge >= 0.3 is 6.18 Å². The summed E-state index contributed by atoms with van der Waals surface area (Å²) in [6.07, 6.45) is -5.49. The van der Waals surface area contributed by atoms with Crippen LogP contribution in [0.3, 0.4) is 0 Å². The standard InChI is InChI=1S/C19H14BrF5N2O2S/c20-7-16(28)27-18-26-15(9-30-18)11-5-13(21)17(14(22)6-11)29-8-10-3-1-2-4-12(10)19(23,24)25/h1-6,9,16,28H,7-8H2,(H,26,27). The van der Waals surface area contributed by atoms with Gasteiger partial charge in [-0.3, -0.25) is 0 Å². The Balaban J connectivity index is 1.80. The molecule has 2 N–H and O–H groups in total. The smallest absolute Gasteiger partial charge is 0.416 e. The number of hydrogen-bond acceptors (Lipinski definition) is 5. The Morgan fingerprint density at radius 3 is 2.47 bits per heavy atom. The van der Waals surface area contributed by atoms with E-state index in [0.717, 1.165) is 29.5 Å². The van der Waals surface area contributed by atoms with Gasteiger partial charge in [-0.05, 0) is 18.2 Å². The highest BCUT2D eigenvalue weighted by atomic mass is 79.9. The van der Waals surface area contributed by atoms with E-state index in [-0.39, 0.29) is 22.2 Å². The van der Waals surface area contributed by atoms with Gasteiger partial charge in [0, 0.05) is 21.8 Å². The minimum atomic E-state index is -4.61. The number of aliphatic hydroxyl groups excluding tert-OH is 1. The number of alkyl halides is 4. The second kappa shape index (κ2) is 9.27. The molecule has 11 heteroatoms. The molecule has 0 aliphatic rings. The Bertz CT molecular complexity index is 1010. The van der Waals surface area contributed by atoms with E-state index in [1.807, 2.05) is 0 Å². The Hall–Kier alpha value is -2.24. The quantitative estimate of drug-likeness (QED) is 0.240. The van der Waals surface area contributed by atoms with Crippen LogP contribution in [0.15, 0.2) is 41.8 Å². The Morgan fingerprint density at radius 1 is 1.17 bits per heavy atom. The molecular formula is C19H14BrF5N2O2S. The van der Waals surface area contributed by atoms with Crippen LogP contribution >= 0.6 is 27.3 Å². The first-order valence-corrected chi connectivity index (χ1v) is 10.4. The molecular weight excluding hydrogens is 495 g/mol. The van der Waals surface area contributed by atoms with E-state index >= 15 is 0 Å². The zero-order valence-electron chi connectivity index (χ0n) is 15.0. The topological polar surface area (TPSA) is 54.4 Å². The Kier molecular flexibility index (Phi) is 6.94. The van der Waals surface area contributed by atoms with Crippen molar-refractivity contribution in [1.82, 2.24) is 4.98 Å². The fraction of sp³-hybridized carbons (Fsp3) is 0.211. The van der Waals surface area contributed by atoms with Crippen LogP contribution in [0, 0.1) is 11.6 Å². The second-order valence-electron chi connectivity index (χ2n) is 6.06. The van der Waals surface area contributed by atoms with Crippen LogP contribution in [-0.2, 0) is 12.8 Å². The summed E-state index contributed by atoms with van der Waals surface area (Å²) < 4.78 is 73.0. The third-order valence-corrected chi connectivity index (χ3v) is 5.32. The summed E-state index contributed by atoms with van der Waals surface area (Å²) in [4.78, 5) is 4.14. The van der Waals surface area contributed by atoms with Crippen LogP contribution in [0.1, 0.15) is 11.1 Å².